The summed E-state index contributed by atoms with van der Waals surface area (Å²) >= 11 is 0. The molecule has 2 aromatic heterocycles. The highest BCUT2D eigenvalue weighted by molar-refractivity contribution is 5.86. The molecule has 1 aliphatic heterocycles. The Balaban J connectivity index is 1.77. The van der Waals surface area contributed by atoms with Gasteiger partial charge in [0.1, 0.15) is 23.9 Å². The zero-order chi connectivity index (χ0) is 15.5. The van der Waals surface area contributed by atoms with E-state index in [1.165, 1.54) is 6.33 Å². The van der Waals surface area contributed by atoms with Crippen LogP contribution in [-0.4, -0.2) is 44.2 Å². The summed E-state index contributed by atoms with van der Waals surface area (Å²) in [4.78, 5) is 8.39. The SMILES string of the molecule is CC1(C)O[C@@H]2[C@@H](CO)C[C@@H](n3ccc4c(N)ncnc43)[C@@H]2O1. The van der Waals surface area contributed by atoms with Crippen molar-refractivity contribution < 1.29 is 14.6 Å². The summed E-state index contributed by atoms with van der Waals surface area (Å²) in [7, 11) is 0. The molecule has 7 nitrogen and oxygen atoms in total. The maximum Gasteiger partial charge on any atom is 0.163 e. The molecular formula is C15H20N4O3. The minimum Gasteiger partial charge on any atom is -0.396 e. The van der Waals surface area contributed by atoms with Crippen molar-refractivity contribution in [2.45, 2.75) is 44.3 Å². The zero-order valence-electron chi connectivity index (χ0n) is 12.6. The highest BCUT2D eigenvalue weighted by Crippen LogP contribution is 2.47. The van der Waals surface area contributed by atoms with Crippen molar-refractivity contribution in [3.8, 4) is 0 Å². The molecule has 3 heterocycles. The number of anilines is 1. The second-order valence-corrected chi connectivity index (χ2v) is 6.53. The van der Waals surface area contributed by atoms with Crippen molar-refractivity contribution in [1.29, 1.82) is 0 Å². The van der Waals surface area contributed by atoms with Crippen LogP contribution in [0.2, 0.25) is 0 Å². The summed E-state index contributed by atoms with van der Waals surface area (Å²) in [6.45, 7) is 3.91. The molecular weight excluding hydrogens is 284 g/mol. The molecule has 22 heavy (non-hydrogen) atoms. The summed E-state index contributed by atoms with van der Waals surface area (Å²) in [5, 5.41) is 10.5. The predicted molar refractivity (Wildman–Crippen MR) is 80.0 cm³/mol. The van der Waals surface area contributed by atoms with E-state index in [0.717, 1.165) is 17.5 Å². The average Bonchev–Trinajstić information content (AvgIpc) is 3.10. The van der Waals surface area contributed by atoms with Gasteiger partial charge in [-0.25, -0.2) is 9.97 Å². The van der Waals surface area contributed by atoms with E-state index in [1.54, 1.807) is 0 Å². The van der Waals surface area contributed by atoms with Crippen molar-refractivity contribution in [1.82, 2.24) is 14.5 Å². The van der Waals surface area contributed by atoms with Gasteiger partial charge in [-0.2, -0.15) is 0 Å². The average molecular weight is 304 g/mol. The lowest BCUT2D eigenvalue weighted by atomic mass is 10.1. The monoisotopic (exact) mass is 304 g/mol. The summed E-state index contributed by atoms with van der Waals surface area (Å²) in [6.07, 6.45) is 4.03. The van der Waals surface area contributed by atoms with Crippen LogP contribution in [0.5, 0.6) is 0 Å². The molecule has 3 N–H and O–H groups in total. The minimum absolute atomic E-state index is 0.0633. The molecule has 0 spiro atoms. The van der Waals surface area contributed by atoms with Gasteiger partial charge in [0.2, 0.25) is 0 Å². The number of aromatic nitrogens is 3. The quantitative estimate of drug-likeness (QED) is 0.862. The van der Waals surface area contributed by atoms with Crippen molar-refractivity contribution >= 4 is 16.9 Å². The van der Waals surface area contributed by atoms with E-state index >= 15 is 0 Å². The van der Waals surface area contributed by atoms with Crippen LogP contribution in [0.3, 0.4) is 0 Å². The van der Waals surface area contributed by atoms with Gasteiger partial charge in [0.05, 0.1) is 17.5 Å². The molecule has 0 aromatic carbocycles. The highest BCUT2D eigenvalue weighted by Gasteiger charge is 2.54. The number of nitrogen functional groups attached to an aromatic ring is 1. The third kappa shape index (κ3) is 1.93. The number of hydrogen-bond donors (Lipinski definition) is 2. The fourth-order valence-electron chi connectivity index (χ4n) is 3.77. The molecule has 2 aliphatic rings. The van der Waals surface area contributed by atoms with E-state index in [0.29, 0.717) is 5.82 Å². The lowest BCUT2D eigenvalue weighted by Crippen LogP contribution is -2.27. The molecule has 1 aliphatic carbocycles. The summed E-state index contributed by atoms with van der Waals surface area (Å²) in [5.74, 6) is -0.0902. The van der Waals surface area contributed by atoms with Gasteiger partial charge in [0, 0.05) is 18.7 Å². The summed E-state index contributed by atoms with van der Waals surface area (Å²) in [6, 6.07) is 1.99. The van der Waals surface area contributed by atoms with E-state index in [1.807, 2.05) is 26.1 Å². The second-order valence-electron chi connectivity index (χ2n) is 6.53. The molecule has 4 rings (SSSR count). The van der Waals surface area contributed by atoms with Crippen LogP contribution in [0, 0.1) is 5.92 Å². The Morgan fingerprint density at radius 3 is 2.91 bits per heavy atom. The minimum atomic E-state index is -0.627. The van der Waals surface area contributed by atoms with Crippen LogP contribution in [0.25, 0.3) is 11.0 Å². The van der Waals surface area contributed by atoms with Gasteiger partial charge in [-0.05, 0) is 26.3 Å². The maximum absolute atomic E-state index is 9.67. The Bertz CT molecular complexity index is 714. The largest absolute Gasteiger partial charge is 0.396 e. The highest BCUT2D eigenvalue weighted by atomic mass is 16.8. The molecule has 4 atom stereocenters. The summed E-state index contributed by atoms with van der Waals surface area (Å²) < 4.78 is 14.2. The molecule has 0 radical (unpaired) electrons. The predicted octanol–water partition coefficient (Wildman–Crippen LogP) is 1.09. The Morgan fingerprint density at radius 2 is 2.14 bits per heavy atom. The second kappa shape index (κ2) is 4.65. The number of aliphatic hydroxyl groups is 1. The molecule has 2 fully saturated rings. The Hall–Kier alpha value is -1.70. The van der Waals surface area contributed by atoms with Gasteiger partial charge in [-0.1, -0.05) is 0 Å². The molecule has 1 saturated carbocycles. The molecule has 0 bridgehead atoms. The van der Waals surface area contributed by atoms with Crippen LogP contribution in [0.1, 0.15) is 26.3 Å². The Kier molecular flexibility index (Phi) is 2.94. The molecule has 0 amide bonds. The molecule has 7 heteroatoms. The first-order valence-electron chi connectivity index (χ1n) is 7.53. The number of nitrogens with zero attached hydrogens (tertiary/aromatic N) is 3. The smallest absolute Gasteiger partial charge is 0.163 e. The van der Waals surface area contributed by atoms with Crippen LogP contribution in [0.4, 0.5) is 5.82 Å². The fraction of sp³-hybridized carbons (Fsp3) is 0.600. The van der Waals surface area contributed by atoms with E-state index < -0.39 is 5.79 Å². The zero-order valence-corrected chi connectivity index (χ0v) is 12.6. The van der Waals surface area contributed by atoms with Crippen molar-refractivity contribution in [2.75, 3.05) is 12.3 Å². The van der Waals surface area contributed by atoms with Gasteiger partial charge >= 0.3 is 0 Å². The number of rotatable bonds is 2. The lowest BCUT2D eigenvalue weighted by molar-refractivity contribution is -0.161. The Morgan fingerprint density at radius 1 is 1.36 bits per heavy atom. The fourth-order valence-corrected chi connectivity index (χ4v) is 3.77. The molecule has 0 unspecified atom stereocenters. The maximum atomic E-state index is 9.67. The third-order valence-corrected chi connectivity index (χ3v) is 4.68. The first-order valence-corrected chi connectivity index (χ1v) is 7.53. The number of fused-ring (bicyclic) bond motifs is 2. The van der Waals surface area contributed by atoms with Gasteiger partial charge < -0.3 is 24.9 Å². The van der Waals surface area contributed by atoms with Crippen molar-refractivity contribution in [3.63, 3.8) is 0 Å². The van der Waals surface area contributed by atoms with E-state index in [2.05, 4.69) is 14.5 Å². The number of nitrogens with two attached hydrogens (primary N) is 1. The van der Waals surface area contributed by atoms with Gasteiger partial charge in [-0.3, -0.25) is 0 Å². The van der Waals surface area contributed by atoms with Crippen LogP contribution in [-0.2, 0) is 9.47 Å². The topological polar surface area (TPSA) is 95.4 Å². The van der Waals surface area contributed by atoms with Crippen LogP contribution in [0.15, 0.2) is 18.6 Å². The first kappa shape index (κ1) is 13.9. The van der Waals surface area contributed by atoms with Crippen LogP contribution < -0.4 is 5.73 Å². The van der Waals surface area contributed by atoms with Crippen molar-refractivity contribution in [3.05, 3.63) is 18.6 Å². The normalized spacial score (nSPS) is 33.4. The molecule has 1 saturated heterocycles. The first-order chi connectivity index (χ1) is 10.5. The Labute approximate surface area is 128 Å². The standard InChI is InChI=1S/C15H20N4O3/c1-15(2)21-11-8(6-20)5-10(12(11)22-15)19-4-3-9-13(16)17-7-18-14(9)19/h3-4,7-8,10-12,20H,5-6H2,1-2H3,(H2,16,17,18)/t8-,10-,11-,12+/m1/s1. The van der Waals surface area contributed by atoms with Crippen LogP contribution >= 0.6 is 0 Å². The third-order valence-electron chi connectivity index (χ3n) is 4.68. The summed E-state index contributed by atoms with van der Waals surface area (Å²) in [5.41, 5.74) is 6.71. The van der Waals surface area contributed by atoms with Gasteiger partial charge in [0.15, 0.2) is 5.79 Å². The van der Waals surface area contributed by atoms with Gasteiger partial charge in [0.25, 0.3) is 0 Å². The van der Waals surface area contributed by atoms with Gasteiger partial charge in [-0.15, -0.1) is 0 Å². The number of hydrogen-bond acceptors (Lipinski definition) is 6. The number of aliphatic hydroxyl groups excluding tert-OH is 1. The number of ether oxygens (including phenoxy) is 2. The van der Waals surface area contributed by atoms with E-state index in [4.69, 9.17) is 15.2 Å². The van der Waals surface area contributed by atoms with E-state index in [9.17, 15) is 5.11 Å². The lowest BCUT2D eigenvalue weighted by Gasteiger charge is -2.24. The van der Waals surface area contributed by atoms with E-state index in [-0.39, 0.29) is 30.8 Å². The molecule has 118 valence electrons. The van der Waals surface area contributed by atoms with Crippen molar-refractivity contribution in [2.24, 2.45) is 5.92 Å². The molecule has 2 aromatic rings.